The Hall–Kier alpha value is -1.48. The molecule has 0 fully saturated rings. The summed E-state index contributed by atoms with van der Waals surface area (Å²) in [6.07, 6.45) is 2.70. The first kappa shape index (κ1) is 11.0. The van der Waals surface area contributed by atoms with Crippen LogP contribution < -0.4 is 5.32 Å². The normalized spacial score (nSPS) is 11.9. The van der Waals surface area contributed by atoms with Crippen LogP contribution in [0.2, 0.25) is 0 Å². The molecule has 0 spiro atoms. The lowest BCUT2D eigenvalue weighted by molar-refractivity contribution is 0.261. The maximum Gasteiger partial charge on any atom is 0.0602 e. The summed E-state index contributed by atoms with van der Waals surface area (Å²) < 4.78 is 0. The molecule has 0 radical (unpaired) electrons. The maximum absolute atomic E-state index is 9.00. The number of fused-ring (bicyclic) bond motifs is 1. The third-order valence-electron chi connectivity index (χ3n) is 2.80. The summed E-state index contributed by atoms with van der Waals surface area (Å²) in [5, 5.41) is 13.6. The van der Waals surface area contributed by atoms with Crippen molar-refractivity contribution in [1.82, 2.24) is 4.98 Å². The molecule has 0 amide bonds. The van der Waals surface area contributed by atoms with E-state index in [2.05, 4.69) is 36.3 Å². The van der Waals surface area contributed by atoms with Crippen LogP contribution in [0, 0.1) is 0 Å². The summed E-state index contributed by atoms with van der Waals surface area (Å²) in [6, 6.07) is 8.19. The fourth-order valence-electron chi connectivity index (χ4n) is 1.88. The highest BCUT2D eigenvalue weighted by Crippen LogP contribution is 2.26. The third kappa shape index (κ3) is 2.19. The van der Waals surface area contributed by atoms with E-state index in [0.717, 1.165) is 17.6 Å². The van der Waals surface area contributed by atoms with Crippen LogP contribution in [0.5, 0.6) is 0 Å². The number of anilines is 1. The van der Waals surface area contributed by atoms with Crippen molar-refractivity contribution < 1.29 is 5.11 Å². The van der Waals surface area contributed by atoms with Gasteiger partial charge in [-0.3, -0.25) is 0 Å². The molecule has 86 valence electrons. The van der Waals surface area contributed by atoms with Crippen LogP contribution >= 0.6 is 0 Å². The molecule has 3 N–H and O–H groups in total. The number of aliphatic hydroxyl groups is 1. The van der Waals surface area contributed by atoms with Crippen molar-refractivity contribution in [3.8, 4) is 0 Å². The third-order valence-corrected chi connectivity index (χ3v) is 2.80. The van der Waals surface area contributed by atoms with Gasteiger partial charge in [0.15, 0.2) is 0 Å². The van der Waals surface area contributed by atoms with E-state index in [1.165, 1.54) is 5.39 Å². The number of aromatic amines is 1. The number of hydrogen-bond acceptors (Lipinski definition) is 2. The van der Waals surface area contributed by atoms with Gasteiger partial charge in [-0.25, -0.2) is 0 Å². The first-order chi connectivity index (χ1) is 7.62. The van der Waals surface area contributed by atoms with Gasteiger partial charge in [0.25, 0.3) is 0 Å². The molecule has 0 aliphatic rings. The van der Waals surface area contributed by atoms with Gasteiger partial charge < -0.3 is 15.4 Å². The van der Waals surface area contributed by atoms with Gasteiger partial charge in [-0.2, -0.15) is 0 Å². The van der Waals surface area contributed by atoms with Gasteiger partial charge in [-0.1, -0.05) is 18.2 Å². The quantitative estimate of drug-likeness (QED) is 0.739. The summed E-state index contributed by atoms with van der Waals surface area (Å²) in [5.41, 5.74) is 2.12. The van der Waals surface area contributed by atoms with E-state index >= 15 is 0 Å². The largest absolute Gasteiger partial charge is 0.396 e. The van der Waals surface area contributed by atoms with Gasteiger partial charge in [0.05, 0.1) is 5.69 Å². The lowest BCUT2D eigenvalue weighted by Gasteiger charge is -2.26. The second kappa shape index (κ2) is 4.18. The Labute approximate surface area is 95.5 Å². The molecule has 3 heteroatoms. The van der Waals surface area contributed by atoms with Crippen molar-refractivity contribution >= 4 is 16.6 Å². The molecular formula is C13H18N2O. The molecule has 2 rings (SSSR count). The van der Waals surface area contributed by atoms with Gasteiger partial charge >= 0.3 is 0 Å². The standard InChI is InChI=1S/C13H18N2O/c1-13(2,7-8-16)15-12-9-14-11-6-4-3-5-10(11)12/h3-6,9,14-16H,7-8H2,1-2H3. The van der Waals surface area contributed by atoms with Crippen LogP contribution in [0.15, 0.2) is 30.5 Å². The Morgan fingerprint density at radius 2 is 2.06 bits per heavy atom. The minimum absolute atomic E-state index is 0.0975. The Bertz CT molecular complexity index is 473. The SMILES string of the molecule is CC(C)(CCO)Nc1c[nH]c2ccccc12. The number of H-pyrrole nitrogens is 1. The smallest absolute Gasteiger partial charge is 0.0602 e. The van der Waals surface area contributed by atoms with E-state index in [1.807, 2.05) is 18.3 Å². The minimum atomic E-state index is -0.0975. The molecule has 0 unspecified atom stereocenters. The highest BCUT2D eigenvalue weighted by atomic mass is 16.3. The van der Waals surface area contributed by atoms with Crippen molar-refractivity contribution in [2.75, 3.05) is 11.9 Å². The van der Waals surface area contributed by atoms with E-state index in [1.54, 1.807) is 0 Å². The average molecular weight is 218 g/mol. The second-order valence-corrected chi connectivity index (χ2v) is 4.73. The van der Waals surface area contributed by atoms with Gasteiger partial charge in [0.2, 0.25) is 0 Å². The minimum Gasteiger partial charge on any atom is -0.396 e. The van der Waals surface area contributed by atoms with Crippen LogP contribution in [0.25, 0.3) is 10.9 Å². The van der Waals surface area contributed by atoms with E-state index in [-0.39, 0.29) is 12.1 Å². The molecular weight excluding hydrogens is 200 g/mol. The molecule has 0 bridgehead atoms. The number of aromatic nitrogens is 1. The van der Waals surface area contributed by atoms with Crippen molar-refractivity contribution in [2.24, 2.45) is 0 Å². The molecule has 0 aliphatic heterocycles. The van der Waals surface area contributed by atoms with Crippen molar-refractivity contribution in [2.45, 2.75) is 25.8 Å². The van der Waals surface area contributed by atoms with Crippen molar-refractivity contribution in [1.29, 1.82) is 0 Å². The zero-order valence-electron chi connectivity index (χ0n) is 9.75. The maximum atomic E-state index is 9.00. The lowest BCUT2D eigenvalue weighted by atomic mass is 10.0. The summed E-state index contributed by atoms with van der Waals surface area (Å²) in [7, 11) is 0. The van der Waals surface area contributed by atoms with Gasteiger partial charge in [0.1, 0.15) is 0 Å². The lowest BCUT2D eigenvalue weighted by Crippen LogP contribution is -2.31. The van der Waals surface area contributed by atoms with Gasteiger partial charge in [0, 0.05) is 29.2 Å². The van der Waals surface area contributed by atoms with Gasteiger partial charge in [-0.05, 0) is 26.3 Å². The van der Waals surface area contributed by atoms with Crippen LogP contribution in [-0.4, -0.2) is 22.2 Å². The Morgan fingerprint density at radius 3 is 2.81 bits per heavy atom. The zero-order chi connectivity index (χ0) is 11.6. The topological polar surface area (TPSA) is 48.0 Å². The second-order valence-electron chi connectivity index (χ2n) is 4.73. The molecule has 16 heavy (non-hydrogen) atoms. The Balaban J connectivity index is 2.27. The molecule has 2 aromatic rings. The summed E-state index contributed by atoms with van der Waals surface area (Å²) in [6.45, 7) is 4.37. The van der Waals surface area contributed by atoms with Crippen molar-refractivity contribution in [3.05, 3.63) is 30.5 Å². The van der Waals surface area contributed by atoms with E-state index in [0.29, 0.717) is 0 Å². The number of benzene rings is 1. The number of hydrogen-bond donors (Lipinski definition) is 3. The van der Waals surface area contributed by atoms with Crippen LogP contribution in [0.1, 0.15) is 20.3 Å². The highest BCUT2D eigenvalue weighted by Gasteiger charge is 2.17. The molecule has 0 saturated heterocycles. The summed E-state index contributed by atoms with van der Waals surface area (Å²) in [4.78, 5) is 3.23. The van der Waals surface area contributed by atoms with E-state index in [4.69, 9.17) is 5.11 Å². The van der Waals surface area contributed by atoms with Crippen molar-refractivity contribution in [3.63, 3.8) is 0 Å². The molecule has 3 nitrogen and oxygen atoms in total. The fraction of sp³-hybridized carbons (Fsp3) is 0.385. The molecule has 1 aromatic heterocycles. The first-order valence-electron chi connectivity index (χ1n) is 5.57. The molecule has 1 heterocycles. The predicted molar refractivity (Wildman–Crippen MR) is 67.7 cm³/mol. The summed E-state index contributed by atoms with van der Waals surface area (Å²) in [5.74, 6) is 0. The number of aliphatic hydroxyl groups excluding tert-OH is 1. The molecule has 0 atom stereocenters. The number of rotatable bonds is 4. The molecule has 0 saturated carbocycles. The van der Waals surface area contributed by atoms with Crippen LogP contribution in [0.3, 0.4) is 0 Å². The summed E-state index contributed by atoms with van der Waals surface area (Å²) >= 11 is 0. The molecule has 0 aliphatic carbocycles. The first-order valence-corrected chi connectivity index (χ1v) is 5.57. The fourth-order valence-corrected chi connectivity index (χ4v) is 1.88. The monoisotopic (exact) mass is 218 g/mol. The number of nitrogens with one attached hydrogen (secondary N) is 2. The Morgan fingerprint density at radius 1 is 1.31 bits per heavy atom. The Kier molecular flexibility index (Phi) is 2.88. The number of para-hydroxylation sites is 1. The van der Waals surface area contributed by atoms with E-state index in [9.17, 15) is 0 Å². The average Bonchev–Trinajstić information content (AvgIpc) is 2.61. The van der Waals surface area contributed by atoms with Crippen LogP contribution in [0.4, 0.5) is 5.69 Å². The van der Waals surface area contributed by atoms with Crippen LogP contribution in [-0.2, 0) is 0 Å². The van der Waals surface area contributed by atoms with E-state index < -0.39 is 0 Å². The highest BCUT2D eigenvalue weighted by molar-refractivity contribution is 5.92. The van der Waals surface area contributed by atoms with Gasteiger partial charge in [-0.15, -0.1) is 0 Å². The molecule has 1 aromatic carbocycles. The predicted octanol–water partition coefficient (Wildman–Crippen LogP) is 2.74. The zero-order valence-corrected chi connectivity index (χ0v) is 9.75.